The minimum absolute atomic E-state index is 0.824. The second-order valence-corrected chi connectivity index (χ2v) is 14.9. The highest BCUT2D eigenvalue weighted by molar-refractivity contribution is 6.12. The Balaban J connectivity index is 1.00. The largest absolute Gasteiger partial charge is 0.309 e. The predicted molar refractivity (Wildman–Crippen MR) is 240 cm³/mol. The standard InChI is InChI=1S/C53H33N5/c1-2-14-39(15-3-1)57-48-20-9-8-18-43(48)45-29-38(25-26-49(45)57)47-31-46-44-27-28-54-32-50(44)58(51(46)33-55-47)52-30-37-12-5-7-17-42(37)53(56-52)36-23-21-35(22-24-36)41-19-10-13-34-11-4-6-16-40(34)41/h1-33H. The lowest BCUT2D eigenvalue weighted by Gasteiger charge is -2.13. The second kappa shape index (κ2) is 12.8. The van der Waals surface area contributed by atoms with Gasteiger partial charge in [0.05, 0.1) is 45.8 Å². The lowest BCUT2D eigenvalue weighted by Crippen LogP contribution is -2.00. The zero-order valence-electron chi connectivity index (χ0n) is 31.3. The Morgan fingerprint density at radius 3 is 1.91 bits per heavy atom. The number of hydrogen-bond donors (Lipinski definition) is 0. The monoisotopic (exact) mass is 739 g/mol. The average Bonchev–Trinajstić information content (AvgIpc) is 3.81. The molecule has 0 aliphatic rings. The number of fused-ring (bicyclic) bond motifs is 8. The molecule has 0 saturated heterocycles. The number of nitrogens with zero attached hydrogens (tertiary/aromatic N) is 5. The van der Waals surface area contributed by atoms with Gasteiger partial charge in [0.1, 0.15) is 5.82 Å². The van der Waals surface area contributed by atoms with Gasteiger partial charge in [0.25, 0.3) is 0 Å². The van der Waals surface area contributed by atoms with Crippen molar-refractivity contribution >= 4 is 65.2 Å². The third-order valence-electron chi connectivity index (χ3n) is 11.7. The van der Waals surface area contributed by atoms with Crippen LogP contribution in [0.15, 0.2) is 201 Å². The SMILES string of the molecule is c1ccc(-n2c3ccccc3c3cc(-c4cc5c6ccncc6n(-c6cc7ccccc7c(-c7ccc(-c8cccc9ccccc89)cc7)n6)c5cn4)ccc32)cc1. The number of rotatable bonds is 5. The summed E-state index contributed by atoms with van der Waals surface area (Å²) in [5.74, 6) is 0.824. The summed E-state index contributed by atoms with van der Waals surface area (Å²) in [5, 5.41) is 9.32. The number of benzene rings is 7. The highest BCUT2D eigenvalue weighted by Gasteiger charge is 2.19. The van der Waals surface area contributed by atoms with Crippen molar-refractivity contribution in [2.45, 2.75) is 0 Å². The second-order valence-electron chi connectivity index (χ2n) is 14.9. The minimum atomic E-state index is 0.824. The fourth-order valence-electron chi connectivity index (χ4n) is 8.96. The van der Waals surface area contributed by atoms with Crippen molar-refractivity contribution in [1.29, 1.82) is 0 Å². The summed E-state index contributed by atoms with van der Waals surface area (Å²) in [6.07, 6.45) is 5.81. The molecule has 5 aromatic heterocycles. The van der Waals surface area contributed by atoms with E-state index in [1.165, 1.54) is 43.7 Å². The lowest BCUT2D eigenvalue weighted by atomic mass is 9.96. The number of pyridine rings is 3. The van der Waals surface area contributed by atoms with E-state index in [4.69, 9.17) is 9.97 Å². The van der Waals surface area contributed by atoms with Gasteiger partial charge >= 0.3 is 0 Å². The molecule has 0 atom stereocenters. The molecule has 0 N–H and O–H groups in total. The molecule has 58 heavy (non-hydrogen) atoms. The summed E-state index contributed by atoms with van der Waals surface area (Å²) in [5.41, 5.74) is 11.8. The molecule has 0 unspecified atom stereocenters. The normalized spacial score (nSPS) is 11.8. The molecule has 270 valence electrons. The molecule has 0 amide bonds. The molecular formula is C53H33N5. The van der Waals surface area contributed by atoms with Crippen molar-refractivity contribution in [3.05, 3.63) is 201 Å². The van der Waals surface area contributed by atoms with Gasteiger partial charge in [0.2, 0.25) is 0 Å². The van der Waals surface area contributed by atoms with E-state index in [0.29, 0.717) is 0 Å². The maximum Gasteiger partial charge on any atom is 0.139 e. The van der Waals surface area contributed by atoms with Crippen LogP contribution in [0.2, 0.25) is 0 Å². The van der Waals surface area contributed by atoms with Crippen LogP contribution in [-0.4, -0.2) is 24.1 Å². The van der Waals surface area contributed by atoms with Crippen LogP contribution >= 0.6 is 0 Å². The fourth-order valence-corrected chi connectivity index (χ4v) is 8.96. The minimum Gasteiger partial charge on any atom is -0.309 e. The predicted octanol–water partition coefficient (Wildman–Crippen LogP) is 13.4. The van der Waals surface area contributed by atoms with Crippen molar-refractivity contribution in [2.24, 2.45) is 0 Å². The first-order valence-electron chi connectivity index (χ1n) is 19.6. The maximum atomic E-state index is 5.44. The van der Waals surface area contributed by atoms with Gasteiger partial charge in [-0.25, -0.2) is 4.98 Å². The molecule has 12 rings (SSSR count). The zero-order chi connectivity index (χ0) is 38.2. The molecule has 0 fully saturated rings. The molecule has 0 radical (unpaired) electrons. The Morgan fingerprint density at radius 2 is 1.03 bits per heavy atom. The molecule has 0 aliphatic heterocycles. The van der Waals surface area contributed by atoms with Gasteiger partial charge in [0, 0.05) is 49.9 Å². The molecule has 0 saturated carbocycles. The highest BCUT2D eigenvalue weighted by Crippen LogP contribution is 2.39. The summed E-state index contributed by atoms with van der Waals surface area (Å²) in [6, 6.07) is 64.8. The Labute approximate surface area is 333 Å². The Hall–Kier alpha value is -7.89. The van der Waals surface area contributed by atoms with Crippen LogP contribution in [0.1, 0.15) is 0 Å². The molecule has 5 nitrogen and oxygen atoms in total. The van der Waals surface area contributed by atoms with E-state index in [1.54, 1.807) is 0 Å². The number of hydrogen-bond acceptors (Lipinski definition) is 3. The Kier molecular flexibility index (Phi) is 7.16. The van der Waals surface area contributed by atoms with Gasteiger partial charge in [-0.05, 0) is 75.8 Å². The molecule has 7 aromatic carbocycles. The van der Waals surface area contributed by atoms with Crippen molar-refractivity contribution < 1.29 is 0 Å². The van der Waals surface area contributed by atoms with Crippen molar-refractivity contribution in [2.75, 3.05) is 0 Å². The summed E-state index contributed by atoms with van der Waals surface area (Å²) in [4.78, 5) is 15.2. The molecule has 0 bridgehead atoms. The summed E-state index contributed by atoms with van der Waals surface area (Å²) >= 11 is 0. The van der Waals surface area contributed by atoms with Gasteiger partial charge in [-0.15, -0.1) is 0 Å². The van der Waals surface area contributed by atoms with E-state index in [0.717, 1.165) is 66.6 Å². The first-order valence-corrected chi connectivity index (χ1v) is 19.6. The highest BCUT2D eigenvalue weighted by atomic mass is 15.1. The van der Waals surface area contributed by atoms with Gasteiger partial charge in [-0.2, -0.15) is 0 Å². The summed E-state index contributed by atoms with van der Waals surface area (Å²) in [6.45, 7) is 0. The van der Waals surface area contributed by atoms with E-state index in [1.807, 2.05) is 18.6 Å². The molecule has 0 spiro atoms. The zero-order valence-corrected chi connectivity index (χ0v) is 31.3. The van der Waals surface area contributed by atoms with Crippen LogP contribution in [0, 0.1) is 0 Å². The van der Waals surface area contributed by atoms with Crippen LogP contribution in [0.4, 0.5) is 0 Å². The van der Waals surface area contributed by atoms with Crippen LogP contribution < -0.4 is 0 Å². The summed E-state index contributed by atoms with van der Waals surface area (Å²) in [7, 11) is 0. The van der Waals surface area contributed by atoms with Crippen LogP contribution in [0.25, 0.3) is 110 Å². The Morgan fingerprint density at radius 1 is 0.379 bits per heavy atom. The first kappa shape index (κ1) is 32.4. The average molecular weight is 740 g/mol. The first-order chi connectivity index (χ1) is 28.8. The fraction of sp³-hybridized carbons (Fsp3) is 0. The maximum absolute atomic E-state index is 5.44. The third kappa shape index (κ3) is 5.00. The van der Waals surface area contributed by atoms with Gasteiger partial charge in [-0.1, -0.05) is 133 Å². The molecular weight excluding hydrogens is 707 g/mol. The molecule has 5 heteroatoms. The van der Waals surface area contributed by atoms with Crippen molar-refractivity contribution in [3.63, 3.8) is 0 Å². The van der Waals surface area contributed by atoms with E-state index in [9.17, 15) is 0 Å². The quantitative estimate of drug-likeness (QED) is 0.177. The lowest BCUT2D eigenvalue weighted by molar-refractivity contribution is 1.08. The number of aromatic nitrogens is 5. The van der Waals surface area contributed by atoms with Crippen molar-refractivity contribution in [3.8, 4) is 45.1 Å². The van der Waals surface area contributed by atoms with Gasteiger partial charge in [0.15, 0.2) is 0 Å². The number of para-hydroxylation sites is 2. The van der Waals surface area contributed by atoms with E-state index in [2.05, 4.69) is 196 Å². The van der Waals surface area contributed by atoms with Crippen molar-refractivity contribution in [1.82, 2.24) is 24.1 Å². The Bertz CT molecular complexity index is 3560. The van der Waals surface area contributed by atoms with Gasteiger partial charge in [-0.3, -0.25) is 14.5 Å². The topological polar surface area (TPSA) is 48.5 Å². The van der Waals surface area contributed by atoms with Crippen LogP contribution in [-0.2, 0) is 0 Å². The van der Waals surface area contributed by atoms with E-state index >= 15 is 0 Å². The third-order valence-corrected chi connectivity index (χ3v) is 11.7. The van der Waals surface area contributed by atoms with Crippen LogP contribution in [0.5, 0.6) is 0 Å². The van der Waals surface area contributed by atoms with E-state index in [-0.39, 0.29) is 0 Å². The molecule has 0 aliphatic carbocycles. The van der Waals surface area contributed by atoms with Gasteiger partial charge < -0.3 is 4.57 Å². The molecule has 5 heterocycles. The summed E-state index contributed by atoms with van der Waals surface area (Å²) < 4.78 is 4.56. The van der Waals surface area contributed by atoms with E-state index < -0.39 is 0 Å². The smallest absolute Gasteiger partial charge is 0.139 e. The van der Waals surface area contributed by atoms with Crippen LogP contribution in [0.3, 0.4) is 0 Å². The molecule has 12 aromatic rings.